The van der Waals surface area contributed by atoms with E-state index in [0.717, 1.165) is 39.0 Å². The van der Waals surface area contributed by atoms with Crippen LogP contribution in [0.15, 0.2) is 140 Å². The van der Waals surface area contributed by atoms with Crippen molar-refractivity contribution >= 4 is 49.4 Å². The average Bonchev–Trinajstić information content (AvgIpc) is 3.04. The van der Waals surface area contributed by atoms with E-state index < -0.39 is 0 Å². The number of benzene rings is 7. The summed E-state index contributed by atoms with van der Waals surface area (Å²) in [5, 5.41) is 16.7. The van der Waals surface area contributed by atoms with Crippen LogP contribution in [0.5, 0.6) is 11.5 Å². The highest BCUT2D eigenvalue weighted by molar-refractivity contribution is 5.93. The Hall–Kier alpha value is -5.28. The predicted octanol–water partition coefficient (Wildman–Crippen LogP) is 10.5. The number of hydrogen-bond acceptors (Lipinski definition) is 3. The van der Waals surface area contributed by atoms with Gasteiger partial charge < -0.3 is 14.7 Å². The maximum absolute atomic E-state index is 9.82. The number of fused-ring (bicyclic) bond motifs is 3. The molecular formula is C39H31NO2. The molecule has 0 radical (unpaired) electrons. The maximum Gasteiger partial charge on any atom is 0.119 e. The third-order valence-electron chi connectivity index (χ3n) is 8.26. The standard InChI is InChI=1S/C39H31NO2/c1-26(28-9-11-33-24-38(41)18-14-30(33)21-28)27-8-10-31-22-36(16-12-29(31)20-27)40(35-6-4-3-5-7-35)37-17-13-34-25-39(42-2)19-15-32(34)23-37/h3-26,41H,1-2H3. The Morgan fingerprint density at radius 1 is 0.500 bits per heavy atom. The van der Waals surface area contributed by atoms with E-state index in [1.54, 1.807) is 13.2 Å². The third kappa shape index (κ3) is 4.80. The molecule has 1 unspecified atom stereocenters. The molecule has 7 rings (SSSR count). The first-order chi connectivity index (χ1) is 20.6. The number of para-hydroxylation sites is 1. The molecule has 0 heterocycles. The van der Waals surface area contributed by atoms with Gasteiger partial charge in [0.05, 0.1) is 7.11 Å². The fourth-order valence-electron chi connectivity index (χ4n) is 5.87. The average molecular weight is 546 g/mol. The molecule has 0 saturated carbocycles. The number of aromatic hydroxyl groups is 1. The van der Waals surface area contributed by atoms with E-state index in [1.807, 2.05) is 18.2 Å². The second kappa shape index (κ2) is 10.6. The molecule has 0 bridgehead atoms. The van der Waals surface area contributed by atoms with Crippen molar-refractivity contribution in [1.29, 1.82) is 0 Å². The van der Waals surface area contributed by atoms with Gasteiger partial charge in [-0.25, -0.2) is 0 Å². The van der Waals surface area contributed by atoms with Crippen LogP contribution >= 0.6 is 0 Å². The largest absolute Gasteiger partial charge is 0.508 e. The number of nitrogens with zero attached hydrogens (tertiary/aromatic N) is 1. The van der Waals surface area contributed by atoms with Crippen LogP contribution in [0.1, 0.15) is 24.0 Å². The van der Waals surface area contributed by atoms with Crippen molar-refractivity contribution in [3.63, 3.8) is 0 Å². The molecule has 7 aromatic carbocycles. The van der Waals surface area contributed by atoms with Gasteiger partial charge in [-0.2, -0.15) is 0 Å². The van der Waals surface area contributed by atoms with Gasteiger partial charge in [0.2, 0.25) is 0 Å². The highest BCUT2D eigenvalue weighted by Crippen LogP contribution is 2.38. The molecule has 7 aromatic rings. The summed E-state index contributed by atoms with van der Waals surface area (Å²) in [6.45, 7) is 2.25. The van der Waals surface area contributed by atoms with Crippen molar-refractivity contribution in [2.45, 2.75) is 12.8 Å². The number of rotatable bonds is 6. The first-order valence-electron chi connectivity index (χ1n) is 14.3. The van der Waals surface area contributed by atoms with E-state index in [2.05, 4.69) is 127 Å². The van der Waals surface area contributed by atoms with Crippen LogP contribution in [-0.4, -0.2) is 12.2 Å². The molecule has 0 aliphatic carbocycles. The van der Waals surface area contributed by atoms with Crippen molar-refractivity contribution in [2.24, 2.45) is 0 Å². The topological polar surface area (TPSA) is 32.7 Å². The van der Waals surface area contributed by atoms with Gasteiger partial charge in [0.15, 0.2) is 0 Å². The SMILES string of the molecule is COc1ccc2cc(N(c3ccccc3)c3ccc4cc(C(C)c5ccc6cc(O)ccc6c5)ccc4c3)ccc2c1. The van der Waals surface area contributed by atoms with Crippen LogP contribution in [0.25, 0.3) is 32.3 Å². The Morgan fingerprint density at radius 3 is 1.62 bits per heavy atom. The molecule has 0 amide bonds. The molecule has 42 heavy (non-hydrogen) atoms. The van der Waals surface area contributed by atoms with Gasteiger partial charge >= 0.3 is 0 Å². The van der Waals surface area contributed by atoms with Crippen molar-refractivity contribution < 1.29 is 9.84 Å². The second-order valence-electron chi connectivity index (χ2n) is 10.9. The quantitative estimate of drug-likeness (QED) is 0.226. The molecule has 0 saturated heterocycles. The molecule has 3 heteroatoms. The minimum atomic E-state index is 0.240. The molecule has 1 atom stereocenters. The van der Waals surface area contributed by atoms with E-state index in [-0.39, 0.29) is 5.92 Å². The van der Waals surface area contributed by atoms with Crippen LogP contribution in [0.4, 0.5) is 17.1 Å². The third-order valence-corrected chi connectivity index (χ3v) is 8.26. The Balaban J connectivity index is 1.26. The lowest BCUT2D eigenvalue weighted by molar-refractivity contribution is 0.415. The molecule has 204 valence electrons. The molecule has 0 aliphatic heterocycles. The zero-order chi connectivity index (χ0) is 28.6. The van der Waals surface area contributed by atoms with Crippen molar-refractivity contribution in [1.82, 2.24) is 0 Å². The number of methoxy groups -OCH3 is 1. The normalized spacial score (nSPS) is 12.0. The molecule has 1 N–H and O–H groups in total. The highest BCUT2D eigenvalue weighted by Gasteiger charge is 2.15. The van der Waals surface area contributed by atoms with Crippen LogP contribution in [0, 0.1) is 0 Å². The smallest absolute Gasteiger partial charge is 0.119 e. The van der Waals surface area contributed by atoms with E-state index in [4.69, 9.17) is 4.74 Å². The van der Waals surface area contributed by atoms with Gasteiger partial charge in [-0.15, -0.1) is 0 Å². The predicted molar refractivity (Wildman–Crippen MR) is 176 cm³/mol. The van der Waals surface area contributed by atoms with Crippen LogP contribution < -0.4 is 9.64 Å². The van der Waals surface area contributed by atoms with Gasteiger partial charge in [-0.1, -0.05) is 85.8 Å². The number of phenolic OH excluding ortho intramolecular Hbond substituents is 1. The van der Waals surface area contributed by atoms with Crippen LogP contribution in [-0.2, 0) is 0 Å². The zero-order valence-electron chi connectivity index (χ0n) is 23.7. The van der Waals surface area contributed by atoms with Gasteiger partial charge in [-0.05, 0) is 104 Å². The minimum Gasteiger partial charge on any atom is -0.508 e. The van der Waals surface area contributed by atoms with Crippen molar-refractivity contribution in [2.75, 3.05) is 12.0 Å². The van der Waals surface area contributed by atoms with Crippen molar-refractivity contribution in [3.05, 3.63) is 151 Å². The summed E-state index contributed by atoms with van der Waals surface area (Å²) in [5.41, 5.74) is 5.86. The summed E-state index contributed by atoms with van der Waals surface area (Å²) in [6.07, 6.45) is 0. The van der Waals surface area contributed by atoms with Gasteiger partial charge in [0.1, 0.15) is 11.5 Å². The molecule has 0 spiro atoms. The second-order valence-corrected chi connectivity index (χ2v) is 10.9. The number of hydrogen-bond donors (Lipinski definition) is 1. The fraction of sp³-hybridized carbons (Fsp3) is 0.0769. The van der Waals surface area contributed by atoms with Crippen molar-refractivity contribution in [3.8, 4) is 11.5 Å². The van der Waals surface area contributed by atoms with Gasteiger partial charge in [-0.3, -0.25) is 0 Å². The Kier molecular flexibility index (Phi) is 6.48. The lowest BCUT2D eigenvalue weighted by atomic mass is 9.90. The van der Waals surface area contributed by atoms with Crippen LogP contribution in [0.2, 0.25) is 0 Å². The number of phenols is 1. The highest BCUT2D eigenvalue weighted by atomic mass is 16.5. The molecular weight excluding hydrogens is 514 g/mol. The first-order valence-corrected chi connectivity index (χ1v) is 14.3. The zero-order valence-corrected chi connectivity index (χ0v) is 23.7. The Labute approximate surface area is 245 Å². The van der Waals surface area contributed by atoms with E-state index in [0.29, 0.717) is 5.75 Å². The summed E-state index contributed by atoms with van der Waals surface area (Å²) in [4.78, 5) is 2.31. The van der Waals surface area contributed by atoms with E-state index in [1.165, 1.54) is 27.3 Å². The Morgan fingerprint density at radius 2 is 1.00 bits per heavy atom. The molecule has 0 fully saturated rings. The molecule has 0 aliphatic rings. The monoisotopic (exact) mass is 545 g/mol. The number of ether oxygens (including phenoxy) is 1. The fourth-order valence-corrected chi connectivity index (χ4v) is 5.87. The Bertz CT molecular complexity index is 2070. The van der Waals surface area contributed by atoms with Gasteiger partial charge in [0, 0.05) is 23.0 Å². The number of anilines is 3. The lowest BCUT2D eigenvalue weighted by Crippen LogP contribution is -2.09. The van der Waals surface area contributed by atoms with E-state index >= 15 is 0 Å². The summed E-state index contributed by atoms with van der Waals surface area (Å²) in [7, 11) is 1.70. The summed E-state index contributed by atoms with van der Waals surface area (Å²) >= 11 is 0. The lowest BCUT2D eigenvalue weighted by Gasteiger charge is -2.26. The maximum atomic E-state index is 9.82. The van der Waals surface area contributed by atoms with Crippen LogP contribution in [0.3, 0.4) is 0 Å². The summed E-state index contributed by atoms with van der Waals surface area (Å²) < 4.78 is 5.43. The minimum absolute atomic E-state index is 0.240. The van der Waals surface area contributed by atoms with E-state index in [9.17, 15) is 5.11 Å². The summed E-state index contributed by atoms with van der Waals surface area (Å²) in [5.74, 6) is 1.40. The molecule has 3 nitrogen and oxygen atoms in total. The molecule has 0 aromatic heterocycles. The van der Waals surface area contributed by atoms with Gasteiger partial charge in [0.25, 0.3) is 0 Å². The summed E-state index contributed by atoms with van der Waals surface area (Å²) in [6, 6.07) is 48.8. The first kappa shape index (κ1) is 25.7.